The topological polar surface area (TPSA) is 35.5 Å². The van der Waals surface area contributed by atoms with Crippen LogP contribution in [0.1, 0.15) is 20.8 Å². The average Bonchev–Trinajstić information content (AvgIpc) is 2.03. The second kappa shape index (κ2) is 7.77. The van der Waals surface area contributed by atoms with Crippen LogP contribution < -0.4 is 0 Å². The van der Waals surface area contributed by atoms with Crippen molar-refractivity contribution in [3.05, 3.63) is 11.1 Å². The van der Waals surface area contributed by atoms with Crippen LogP contribution in [0.5, 0.6) is 0 Å². The SMILES string of the molecule is CCOP(=O)(OCC)SCC=C(C)Cl. The third-order valence-corrected chi connectivity index (χ3v) is 5.14. The maximum atomic E-state index is 11.8. The number of hydrogen-bond donors (Lipinski definition) is 0. The van der Waals surface area contributed by atoms with Crippen molar-refractivity contribution in [3.63, 3.8) is 0 Å². The van der Waals surface area contributed by atoms with Gasteiger partial charge in [-0.05, 0) is 32.2 Å². The largest absolute Gasteiger partial charge is 0.389 e. The zero-order chi connectivity index (χ0) is 11.0. The van der Waals surface area contributed by atoms with Gasteiger partial charge in [-0.1, -0.05) is 17.7 Å². The molecular weight excluding hydrogens is 243 g/mol. The summed E-state index contributed by atoms with van der Waals surface area (Å²) in [6.45, 7) is 3.15. The molecule has 0 atom stereocenters. The van der Waals surface area contributed by atoms with Gasteiger partial charge in [-0.25, -0.2) is 4.57 Å². The normalized spacial score (nSPS) is 13.3. The Morgan fingerprint density at radius 2 is 1.93 bits per heavy atom. The van der Waals surface area contributed by atoms with E-state index in [0.29, 0.717) is 24.0 Å². The Morgan fingerprint density at radius 1 is 1.43 bits per heavy atom. The Labute approximate surface area is 94.5 Å². The van der Waals surface area contributed by atoms with Crippen LogP contribution in [0.25, 0.3) is 0 Å². The number of rotatable bonds is 7. The van der Waals surface area contributed by atoms with E-state index in [-0.39, 0.29) is 0 Å². The smallest absolute Gasteiger partial charge is 0.301 e. The minimum absolute atomic E-state index is 0.383. The Kier molecular flexibility index (Phi) is 8.07. The van der Waals surface area contributed by atoms with Crippen LogP contribution in [0.3, 0.4) is 0 Å². The van der Waals surface area contributed by atoms with Gasteiger partial charge >= 0.3 is 6.80 Å². The van der Waals surface area contributed by atoms with Gasteiger partial charge in [0.05, 0.1) is 13.2 Å². The van der Waals surface area contributed by atoms with Crippen LogP contribution in [0.2, 0.25) is 0 Å². The minimum Gasteiger partial charge on any atom is -0.301 e. The summed E-state index contributed by atoms with van der Waals surface area (Å²) in [5.41, 5.74) is 0. The quantitative estimate of drug-likeness (QED) is 0.646. The van der Waals surface area contributed by atoms with Crippen molar-refractivity contribution >= 4 is 29.8 Å². The Morgan fingerprint density at radius 3 is 2.29 bits per heavy atom. The van der Waals surface area contributed by atoms with Gasteiger partial charge in [0.15, 0.2) is 0 Å². The molecule has 0 fully saturated rings. The van der Waals surface area contributed by atoms with Gasteiger partial charge in [0, 0.05) is 10.8 Å². The van der Waals surface area contributed by atoms with Gasteiger partial charge in [0.1, 0.15) is 0 Å². The summed E-state index contributed by atoms with van der Waals surface area (Å²) in [4.78, 5) is 0. The lowest BCUT2D eigenvalue weighted by Crippen LogP contribution is -1.92. The molecule has 0 spiro atoms. The first-order chi connectivity index (χ1) is 6.54. The Hall–Kier alpha value is 0.530. The molecule has 0 unspecified atom stereocenters. The highest BCUT2D eigenvalue weighted by Crippen LogP contribution is 2.60. The van der Waals surface area contributed by atoms with E-state index in [1.807, 2.05) is 0 Å². The molecule has 0 saturated carbocycles. The van der Waals surface area contributed by atoms with E-state index >= 15 is 0 Å². The lowest BCUT2D eigenvalue weighted by atomic mass is 10.6. The molecule has 0 aliphatic heterocycles. The first-order valence-electron chi connectivity index (χ1n) is 4.40. The summed E-state index contributed by atoms with van der Waals surface area (Å²) >= 11 is 6.79. The highest BCUT2D eigenvalue weighted by Gasteiger charge is 2.23. The molecule has 0 amide bonds. The van der Waals surface area contributed by atoms with E-state index < -0.39 is 6.80 Å². The highest BCUT2D eigenvalue weighted by atomic mass is 35.5. The van der Waals surface area contributed by atoms with Gasteiger partial charge in [0.25, 0.3) is 0 Å². The number of allylic oxidation sites excluding steroid dienone is 1. The van der Waals surface area contributed by atoms with Crippen LogP contribution in [0.15, 0.2) is 11.1 Å². The molecule has 6 heteroatoms. The molecule has 14 heavy (non-hydrogen) atoms. The van der Waals surface area contributed by atoms with E-state index in [2.05, 4.69) is 0 Å². The van der Waals surface area contributed by atoms with E-state index in [1.165, 1.54) is 0 Å². The third-order valence-electron chi connectivity index (χ3n) is 1.17. The van der Waals surface area contributed by atoms with Gasteiger partial charge in [0.2, 0.25) is 0 Å². The number of hydrogen-bond acceptors (Lipinski definition) is 4. The molecule has 84 valence electrons. The molecule has 0 radical (unpaired) electrons. The molecule has 0 aromatic rings. The van der Waals surface area contributed by atoms with Crippen molar-refractivity contribution in [2.75, 3.05) is 19.0 Å². The molecule has 0 rings (SSSR count). The summed E-state index contributed by atoms with van der Waals surface area (Å²) in [5, 5.41) is 0.678. The van der Waals surface area contributed by atoms with Gasteiger partial charge in [-0.3, -0.25) is 0 Å². The molecular formula is C8H16ClO3PS. The molecule has 0 saturated heterocycles. The fraction of sp³-hybridized carbons (Fsp3) is 0.750. The van der Waals surface area contributed by atoms with Gasteiger partial charge in [-0.15, -0.1) is 0 Å². The molecule has 0 N–H and O–H groups in total. The predicted molar refractivity (Wildman–Crippen MR) is 62.9 cm³/mol. The first-order valence-corrected chi connectivity index (χ1v) is 7.91. The first kappa shape index (κ1) is 14.5. The highest BCUT2D eigenvalue weighted by molar-refractivity contribution is 8.55. The second-order valence-corrected chi connectivity index (χ2v) is 7.08. The fourth-order valence-electron chi connectivity index (χ4n) is 0.671. The summed E-state index contributed by atoms with van der Waals surface area (Å²) in [7, 11) is 0. The molecule has 0 aliphatic rings. The lowest BCUT2D eigenvalue weighted by molar-refractivity contribution is 0.237. The average molecular weight is 259 g/mol. The van der Waals surface area contributed by atoms with Crippen molar-refractivity contribution < 1.29 is 13.6 Å². The van der Waals surface area contributed by atoms with Crippen LogP contribution in [-0.4, -0.2) is 19.0 Å². The van der Waals surface area contributed by atoms with E-state index in [9.17, 15) is 4.57 Å². The Balaban J connectivity index is 4.09. The molecule has 0 heterocycles. The van der Waals surface area contributed by atoms with Crippen molar-refractivity contribution in [1.29, 1.82) is 0 Å². The molecule has 0 aliphatic carbocycles. The van der Waals surface area contributed by atoms with Gasteiger partial charge in [-0.2, -0.15) is 0 Å². The fourth-order valence-corrected chi connectivity index (χ4v) is 4.05. The zero-order valence-corrected chi connectivity index (χ0v) is 11.1. The van der Waals surface area contributed by atoms with Crippen LogP contribution in [-0.2, 0) is 13.6 Å². The maximum Gasteiger partial charge on any atom is 0.389 e. The van der Waals surface area contributed by atoms with Crippen LogP contribution in [0, 0.1) is 0 Å². The van der Waals surface area contributed by atoms with Crippen molar-refractivity contribution in [2.24, 2.45) is 0 Å². The summed E-state index contributed by atoms with van der Waals surface area (Å²) in [6.07, 6.45) is 1.77. The Bertz CT molecular complexity index is 219. The van der Waals surface area contributed by atoms with Crippen LogP contribution in [0.4, 0.5) is 0 Å². The van der Waals surface area contributed by atoms with Crippen molar-refractivity contribution in [3.8, 4) is 0 Å². The second-order valence-electron chi connectivity index (χ2n) is 2.37. The minimum atomic E-state index is -2.96. The van der Waals surface area contributed by atoms with E-state index in [4.69, 9.17) is 20.6 Å². The predicted octanol–water partition coefficient (Wildman–Crippen LogP) is 4.04. The van der Waals surface area contributed by atoms with E-state index in [0.717, 1.165) is 11.4 Å². The summed E-state index contributed by atoms with van der Waals surface area (Å²) < 4.78 is 22.0. The summed E-state index contributed by atoms with van der Waals surface area (Å²) in [5.74, 6) is 0.534. The molecule has 0 aromatic carbocycles. The molecule has 0 aromatic heterocycles. The number of halogens is 1. The maximum absolute atomic E-state index is 11.8. The zero-order valence-electron chi connectivity index (χ0n) is 8.66. The van der Waals surface area contributed by atoms with E-state index in [1.54, 1.807) is 26.8 Å². The van der Waals surface area contributed by atoms with Crippen molar-refractivity contribution in [1.82, 2.24) is 0 Å². The van der Waals surface area contributed by atoms with Gasteiger partial charge < -0.3 is 9.05 Å². The lowest BCUT2D eigenvalue weighted by Gasteiger charge is -2.14. The third kappa shape index (κ3) is 6.91. The molecule has 0 bridgehead atoms. The summed E-state index contributed by atoms with van der Waals surface area (Å²) in [6, 6.07) is 0. The monoisotopic (exact) mass is 258 g/mol. The van der Waals surface area contributed by atoms with Crippen molar-refractivity contribution in [2.45, 2.75) is 20.8 Å². The standard InChI is InChI=1S/C8H16ClO3PS/c1-4-11-13(10,12-5-2)14-7-6-8(3)9/h6H,4-5,7H2,1-3H3. The molecule has 3 nitrogen and oxygen atoms in total. The van der Waals surface area contributed by atoms with Crippen LogP contribution >= 0.6 is 29.8 Å².